The quantitative estimate of drug-likeness (QED) is 0.783. The van der Waals surface area contributed by atoms with Crippen molar-refractivity contribution in [3.8, 4) is 0 Å². The Hall–Kier alpha value is -0.820. The molecule has 2 aliphatic rings. The van der Waals surface area contributed by atoms with Crippen molar-refractivity contribution in [3.05, 3.63) is 0 Å². The fourth-order valence-electron chi connectivity index (χ4n) is 3.73. The number of hydrogen-bond acceptors (Lipinski definition) is 3. The molecule has 2 fully saturated rings. The molecule has 7 heteroatoms. The van der Waals surface area contributed by atoms with Gasteiger partial charge in [-0.25, -0.2) is 0 Å². The van der Waals surface area contributed by atoms with Crippen LogP contribution in [0.4, 0.5) is 13.2 Å². The molecule has 134 valence electrons. The Labute approximate surface area is 136 Å². The minimum Gasteiger partial charge on any atom is -0.356 e. The molecule has 0 aromatic rings. The molecule has 3 N–H and O–H groups in total. The smallest absolute Gasteiger partial charge is 0.356 e. The zero-order chi connectivity index (χ0) is 16.9. The van der Waals surface area contributed by atoms with Gasteiger partial charge in [-0.15, -0.1) is 0 Å². The van der Waals surface area contributed by atoms with Gasteiger partial charge in [0.15, 0.2) is 0 Å². The topological polar surface area (TPSA) is 58.4 Å². The van der Waals surface area contributed by atoms with Gasteiger partial charge in [0.2, 0.25) is 5.91 Å². The van der Waals surface area contributed by atoms with E-state index in [2.05, 4.69) is 5.32 Å². The Morgan fingerprint density at radius 2 is 1.87 bits per heavy atom. The molecular weight excluding hydrogens is 307 g/mol. The highest BCUT2D eigenvalue weighted by molar-refractivity contribution is 5.76. The van der Waals surface area contributed by atoms with Crippen LogP contribution in [0.2, 0.25) is 0 Å². The number of hydrogen-bond donors (Lipinski definition) is 2. The first-order valence-electron chi connectivity index (χ1n) is 8.65. The van der Waals surface area contributed by atoms with Crippen molar-refractivity contribution < 1.29 is 18.0 Å². The summed E-state index contributed by atoms with van der Waals surface area (Å²) in [5.74, 6) is 0.774. The number of nitrogens with two attached hydrogens (primary N) is 1. The van der Waals surface area contributed by atoms with Crippen molar-refractivity contribution >= 4 is 5.91 Å². The molecule has 0 unspecified atom stereocenters. The molecule has 0 aromatic carbocycles. The minimum atomic E-state index is -4.11. The molecule has 0 spiro atoms. The maximum atomic E-state index is 12.3. The third kappa shape index (κ3) is 6.67. The van der Waals surface area contributed by atoms with E-state index in [4.69, 9.17) is 5.73 Å². The second-order valence-electron chi connectivity index (χ2n) is 7.03. The van der Waals surface area contributed by atoms with Gasteiger partial charge >= 0.3 is 6.18 Å². The number of amides is 1. The number of alkyl halides is 3. The fraction of sp³-hybridized carbons (Fsp3) is 0.938. The van der Waals surface area contributed by atoms with Gasteiger partial charge in [0.1, 0.15) is 0 Å². The maximum absolute atomic E-state index is 12.3. The highest BCUT2D eigenvalue weighted by Crippen LogP contribution is 2.27. The van der Waals surface area contributed by atoms with E-state index in [0.717, 1.165) is 38.5 Å². The summed E-state index contributed by atoms with van der Waals surface area (Å²) in [7, 11) is 0. The molecule has 23 heavy (non-hydrogen) atoms. The van der Waals surface area contributed by atoms with Crippen molar-refractivity contribution in [1.29, 1.82) is 0 Å². The molecule has 0 bridgehead atoms. The Morgan fingerprint density at radius 1 is 1.17 bits per heavy atom. The second-order valence-corrected chi connectivity index (χ2v) is 7.03. The molecule has 2 rings (SSSR count). The van der Waals surface area contributed by atoms with Crippen LogP contribution in [0.15, 0.2) is 0 Å². The molecule has 1 heterocycles. The summed E-state index contributed by atoms with van der Waals surface area (Å²) >= 11 is 0. The Bertz CT molecular complexity index is 381. The normalized spacial score (nSPS) is 27.3. The molecule has 0 radical (unpaired) electrons. The minimum absolute atomic E-state index is 0.0573. The summed E-state index contributed by atoms with van der Waals surface area (Å²) in [5, 5.41) is 2.94. The van der Waals surface area contributed by atoms with E-state index in [1.165, 1.54) is 4.90 Å². The van der Waals surface area contributed by atoms with Gasteiger partial charge in [0.05, 0.1) is 6.54 Å². The summed E-state index contributed by atoms with van der Waals surface area (Å²) in [6, 6.07) is 0.152. The standard InChI is InChI=1S/C16H28F3N3O/c17-16(18,19)11-22-8-5-12(6-9-22)4-7-21-15(23)10-13-2-1-3-14(13)20/h12-14H,1-11,20H2,(H,21,23)/t13-,14+/m0/s1. The number of rotatable bonds is 6. The number of carbonyl (C=O) groups excluding carboxylic acids is 1. The number of likely N-dealkylation sites (tertiary alicyclic amines) is 1. The van der Waals surface area contributed by atoms with E-state index in [1.807, 2.05) is 0 Å². The van der Waals surface area contributed by atoms with Crippen LogP contribution in [0.3, 0.4) is 0 Å². The fourth-order valence-corrected chi connectivity index (χ4v) is 3.73. The Balaban J connectivity index is 1.56. The summed E-state index contributed by atoms with van der Waals surface area (Å²) in [4.78, 5) is 13.4. The monoisotopic (exact) mass is 335 g/mol. The summed E-state index contributed by atoms with van der Waals surface area (Å²) in [5.41, 5.74) is 5.96. The van der Waals surface area contributed by atoms with E-state index in [1.54, 1.807) is 0 Å². The first-order valence-corrected chi connectivity index (χ1v) is 8.65. The average Bonchev–Trinajstić information content (AvgIpc) is 2.84. The van der Waals surface area contributed by atoms with Crippen molar-refractivity contribution in [2.75, 3.05) is 26.2 Å². The van der Waals surface area contributed by atoms with Gasteiger partial charge < -0.3 is 11.1 Å². The van der Waals surface area contributed by atoms with Crippen LogP contribution in [-0.2, 0) is 4.79 Å². The van der Waals surface area contributed by atoms with Gasteiger partial charge in [-0.05, 0) is 57.0 Å². The van der Waals surface area contributed by atoms with Crippen LogP contribution in [-0.4, -0.2) is 49.2 Å². The largest absolute Gasteiger partial charge is 0.401 e. The molecule has 0 aromatic heterocycles. The third-order valence-electron chi connectivity index (χ3n) is 5.15. The second kappa shape index (κ2) is 8.33. The third-order valence-corrected chi connectivity index (χ3v) is 5.15. The lowest BCUT2D eigenvalue weighted by Crippen LogP contribution is -2.40. The van der Waals surface area contributed by atoms with E-state index >= 15 is 0 Å². The number of halogens is 3. The molecule has 2 atom stereocenters. The molecule has 1 aliphatic heterocycles. The van der Waals surface area contributed by atoms with Crippen LogP contribution in [0, 0.1) is 11.8 Å². The van der Waals surface area contributed by atoms with E-state index in [0.29, 0.717) is 37.9 Å². The first-order chi connectivity index (χ1) is 10.8. The zero-order valence-electron chi connectivity index (χ0n) is 13.6. The number of nitrogens with zero attached hydrogens (tertiary/aromatic N) is 1. The van der Waals surface area contributed by atoms with E-state index in [-0.39, 0.29) is 11.9 Å². The SMILES string of the molecule is N[C@@H]1CCC[C@H]1CC(=O)NCCC1CCN(CC(F)(F)F)CC1. The molecule has 1 amide bonds. The van der Waals surface area contributed by atoms with E-state index in [9.17, 15) is 18.0 Å². The van der Waals surface area contributed by atoms with Crippen LogP contribution >= 0.6 is 0 Å². The molecule has 1 saturated heterocycles. The first kappa shape index (κ1) is 18.5. The summed E-state index contributed by atoms with van der Waals surface area (Å²) in [6.45, 7) is 0.799. The predicted octanol–water partition coefficient (Wildman–Crippen LogP) is 2.28. The number of piperidine rings is 1. The van der Waals surface area contributed by atoms with Gasteiger partial charge in [-0.3, -0.25) is 9.69 Å². The van der Waals surface area contributed by atoms with Crippen LogP contribution < -0.4 is 11.1 Å². The van der Waals surface area contributed by atoms with E-state index < -0.39 is 12.7 Å². The highest BCUT2D eigenvalue weighted by atomic mass is 19.4. The lowest BCUT2D eigenvalue weighted by atomic mass is 9.93. The van der Waals surface area contributed by atoms with Crippen molar-refractivity contribution in [1.82, 2.24) is 10.2 Å². The van der Waals surface area contributed by atoms with Gasteiger partial charge in [-0.1, -0.05) is 6.42 Å². The van der Waals surface area contributed by atoms with Gasteiger partial charge in [0.25, 0.3) is 0 Å². The van der Waals surface area contributed by atoms with Gasteiger partial charge in [0, 0.05) is 19.0 Å². The lowest BCUT2D eigenvalue weighted by molar-refractivity contribution is -0.148. The zero-order valence-corrected chi connectivity index (χ0v) is 13.6. The number of nitrogens with one attached hydrogen (secondary N) is 1. The molecule has 1 aliphatic carbocycles. The van der Waals surface area contributed by atoms with Crippen molar-refractivity contribution in [2.24, 2.45) is 17.6 Å². The highest BCUT2D eigenvalue weighted by Gasteiger charge is 2.32. The van der Waals surface area contributed by atoms with Crippen LogP contribution in [0.25, 0.3) is 0 Å². The molecule has 4 nitrogen and oxygen atoms in total. The Kier molecular flexibility index (Phi) is 6.71. The summed E-state index contributed by atoms with van der Waals surface area (Å²) < 4.78 is 37.0. The van der Waals surface area contributed by atoms with Crippen LogP contribution in [0.5, 0.6) is 0 Å². The molecular formula is C16H28F3N3O. The van der Waals surface area contributed by atoms with Crippen LogP contribution in [0.1, 0.15) is 44.9 Å². The molecule has 1 saturated carbocycles. The van der Waals surface area contributed by atoms with Crippen molar-refractivity contribution in [3.63, 3.8) is 0 Å². The number of carbonyl (C=O) groups is 1. The maximum Gasteiger partial charge on any atom is 0.401 e. The van der Waals surface area contributed by atoms with Crippen molar-refractivity contribution in [2.45, 2.75) is 57.2 Å². The van der Waals surface area contributed by atoms with Gasteiger partial charge in [-0.2, -0.15) is 13.2 Å². The predicted molar refractivity (Wildman–Crippen MR) is 82.8 cm³/mol. The average molecular weight is 335 g/mol. The lowest BCUT2D eigenvalue weighted by Gasteiger charge is -2.32. The Morgan fingerprint density at radius 3 is 2.43 bits per heavy atom. The summed E-state index contributed by atoms with van der Waals surface area (Å²) in [6.07, 6.45) is 1.95.